The van der Waals surface area contributed by atoms with Crippen molar-refractivity contribution < 1.29 is 37.5 Å². The Bertz CT molecular complexity index is 1600. The van der Waals surface area contributed by atoms with Crippen LogP contribution in [-0.2, 0) is 19.2 Å². The van der Waals surface area contributed by atoms with Crippen molar-refractivity contribution in [2.45, 2.75) is 88.3 Å². The minimum Gasteiger partial charge on any atom is -0.861 e. The Balaban J connectivity index is 1.16. The number of carbonyl (C=O) groups excluding carboxylic acids is 1. The molecule has 3 aliphatic rings. The number of carbonyl (C=O) groups is 1. The highest BCUT2D eigenvalue weighted by Crippen LogP contribution is 2.34. The number of nitrogens with zero attached hydrogens (tertiary/aromatic N) is 5. The molecule has 2 aromatic rings. The topological polar surface area (TPSA) is 239 Å². The molecule has 3 fully saturated rings. The molecule has 7 atom stereocenters. The van der Waals surface area contributed by atoms with Gasteiger partial charge in [-0.25, -0.2) is 23.9 Å². The first kappa shape index (κ1) is 32.2. The number of hydrogen-bond donors (Lipinski definition) is 5. The number of amides is 2. The van der Waals surface area contributed by atoms with Gasteiger partial charge in [0.25, 0.3) is 0 Å². The number of urea groups is 1. The van der Waals surface area contributed by atoms with Gasteiger partial charge in [-0.3, -0.25) is 4.57 Å². The molecule has 5 rings (SSSR count). The summed E-state index contributed by atoms with van der Waals surface area (Å²) >= 11 is 1.75. The molecule has 44 heavy (non-hydrogen) atoms. The molecule has 2 aromatic heterocycles. The molecule has 6 N–H and O–H groups in total. The number of thioether (sulfide) groups is 1. The summed E-state index contributed by atoms with van der Waals surface area (Å²) in [7, 11) is -4.64. The Kier molecular flexibility index (Phi) is 9.26. The number of unbranched alkanes of at least 4 members (excludes halogenated alkanes) is 1. The molecule has 3 saturated heterocycles. The van der Waals surface area contributed by atoms with E-state index in [0.29, 0.717) is 12.8 Å². The molecule has 0 spiro atoms. The van der Waals surface area contributed by atoms with Gasteiger partial charge in [0.15, 0.2) is 17.7 Å². The van der Waals surface area contributed by atoms with Crippen molar-refractivity contribution in [3.63, 3.8) is 0 Å². The maximum absolute atomic E-state index is 12.4. The van der Waals surface area contributed by atoms with Gasteiger partial charge in [0, 0.05) is 16.4 Å². The Morgan fingerprint density at radius 2 is 2.07 bits per heavy atom. The molecule has 3 aliphatic heterocycles. The average molecular weight is 652 g/mol. The number of nitrogens with one attached hydrogen (secondary N) is 2. The Labute approximate surface area is 258 Å². The minimum absolute atomic E-state index is 0.0528. The van der Waals surface area contributed by atoms with Gasteiger partial charge in [0.05, 0.1) is 25.0 Å². The molecule has 2 amide bonds. The minimum atomic E-state index is -4.64. The molecule has 16 nitrogen and oxygen atoms in total. The van der Waals surface area contributed by atoms with E-state index >= 15 is 0 Å². The normalized spacial score (nSPS) is 28.9. The predicted molar refractivity (Wildman–Crippen MR) is 158 cm³/mol. The van der Waals surface area contributed by atoms with E-state index in [2.05, 4.69) is 41.8 Å². The number of rotatable bonds is 10. The first-order valence-corrected chi connectivity index (χ1v) is 16.5. The van der Waals surface area contributed by atoms with Crippen LogP contribution >= 0.6 is 11.8 Å². The Morgan fingerprint density at radius 1 is 1.30 bits per heavy atom. The number of nitrogen functional groups attached to an aromatic ring is 1. The number of nitrogens with two attached hydrogens (primary N) is 1. The zero-order chi connectivity index (χ0) is 31.8. The lowest BCUT2D eigenvalue weighted by Crippen LogP contribution is -2.36. The highest BCUT2D eigenvalue weighted by Gasteiger charge is 2.45. The molecular weight excluding hydrogens is 616 g/mol. The average Bonchev–Trinajstić information content (AvgIpc) is 3.68. The van der Waals surface area contributed by atoms with Crippen LogP contribution in [0.25, 0.3) is 11.2 Å². The second-order valence-corrected chi connectivity index (χ2v) is 14.4. The van der Waals surface area contributed by atoms with Gasteiger partial charge >= 0.3 is 16.3 Å². The summed E-state index contributed by atoms with van der Waals surface area (Å²) in [5.41, 5.74) is 6.13. The van der Waals surface area contributed by atoms with E-state index < -0.39 is 47.3 Å². The SMILES string of the molecule is CC(C)(C)C#Cc1nc(N)c2ncn([C@@H]3O[C@H](COS(=O)(=O)/N=C(\[O-])CCCC[C@@H]4SC[C@@H]5NC(=O)N[C@@H]54)[C@@H](O)[C@H]3O)c2n1. The summed E-state index contributed by atoms with van der Waals surface area (Å²) in [6, 6.07) is -0.0126. The van der Waals surface area contributed by atoms with Gasteiger partial charge in [-0.1, -0.05) is 12.3 Å². The van der Waals surface area contributed by atoms with Crippen molar-refractivity contribution in [1.29, 1.82) is 0 Å². The standard InChI is InChI=1S/C26H36N8O8S2/c1-26(2,3)9-8-16-30-22(27)19-23(31-16)34(12-28-19)24-21(37)20(36)14(42-24)10-41-44(39,40)33-17(35)7-5-4-6-15-18-13(11-43-15)29-25(38)32-18/h12-15,18,20-21,24,36-37H,4-7,10-11H2,1-3H3,(H,33,35)(H2,27,30,31)(H2,29,32,38)/p-1/t13-,14+,15-,18-,20+,21+,24+/m0/s1. The van der Waals surface area contributed by atoms with Crippen LogP contribution in [0.5, 0.6) is 0 Å². The molecular formula is C26H35N8O8S2-. The number of aliphatic hydroxyl groups excluding tert-OH is 2. The molecule has 0 saturated carbocycles. The lowest BCUT2D eigenvalue weighted by Gasteiger charge is -2.17. The van der Waals surface area contributed by atoms with Crippen molar-refractivity contribution in [3.05, 3.63) is 12.2 Å². The van der Waals surface area contributed by atoms with Crippen LogP contribution in [0.15, 0.2) is 10.7 Å². The van der Waals surface area contributed by atoms with Gasteiger partial charge < -0.3 is 36.4 Å². The van der Waals surface area contributed by atoms with E-state index in [1.54, 1.807) is 11.8 Å². The summed E-state index contributed by atoms with van der Waals surface area (Å²) < 4.78 is 39.8. The number of fused-ring (bicyclic) bond motifs is 2. The van der Waals surface area contributed by atoms with Crippen LogP contribution < -0.4 is 21.5 Å². The van der Waals surface area contributed by atoms with E-state index in [1.807, 2.05) is 20.8 Å². The van der Waals surface area contributed by atoms with Crippen LogP contribution in [0, 0.1) is 17.3 Å². The molecule has 5 heterocycles. The molecule has 240 valence electrons. The van der Waals surface area contributed by atoms with Crippen LogP contribution in [0.2, 0.25) is 0 Å². The molecule has 0 aromatic carbocycles. The largest absolute Gasteiger partial charge is 0.861 e. The quantitative estimate of drug-likeness (QED) is 0.0694. The molecule has 0 aliphatic carbocycles. The third-order valence-corrected chi connectivity index (χ3v) is 9.64. The second kappa shape index (κ2) is 12.7. The fourth-order valence-electron chi connectivity index (χ4n) is 5.14. The highest BCUT2D eigenvalue weighted by atomic mass is 32.2. The number of ether oxygens (including phenoxy) is 1. The zero-order valence-corrected chi connectivity index (χ0v) is 26.0. The van der Waals surface area contributed by atoms with Gasteiger partial charge in [-0.2, -0.15) is 24.6 Å². The molecule has 18 heteroatoms. The van der Waals surface area contributed by atoms with Crippen molar-refractivity contribution in [1.82, 2.24) is 30.2 Å². The highest BCUT2D eigenvalue weighted by molar-refractivity contribution is 8.00. The number of hydrogen-bond acceptors (Lipinski definition) is 13. The maximum Gasteiger partial charge on any atom is 0.380 e. The van der Waals surface area contributed by atoms with Crippen molar-refractivity contribution in [2.75, 3.05) is 18.1 Å². The van der Waals surface area contributed by atoms with Crippen LogP contribution in [0.1, 0.15) is 58.5 Å². The lowest BCUT2D eigenvalue weighted by atomic mass is 9.98. The van der Waals surface area contributed by atoms with Gasteiger partial charge in [-0.05, 0) is 51.9 Å². The number of aliphatic hydroxyl groups is 2. The molecule has 0 radical (unpaired) electrons. The lowest BCUT2D eigenvalue weighted by molar-refractivity contribution is -0.218. The van der Waals surface area contributed by atoms with E-state index in [4.69, 9.17) is 14.7 Å². The third-order valence-electron chi connectivity index (χ3n) is 7.27. The summed E-state index contributed by atoms with van der Waals surface area (Å²) in [6.07, 6.45) is -2.51. The van der Waals surface area contributed by atoms with Crippen molar-refractivity contribution in [2.24, 2.45) is 9.81 Å². The summed E-state index contributed by atoms with van der Waals surface area (Å²) in [5.74, 6) is 6.01. The second-order valence-electron chi connectivity index (χ2n) is 11.9. The van der Waals surface area contributed by atoms with Crippen molar-refractivity contribution in [3.8, 4) is 11.8 Å². The third kappa shape index (κ3) is 7.35. The van der Waals surface area contributed by atoms with Crippen molar-refractivity contribution >= 4 is 51.0 Å². The number of aromatic nitrogens is 4. The van der Waals surface area contributed by atoms with Gasteiger partial charge in [0.1, 0.15) is 23.8 Å². The Morgan fingerprint density at radius 3 is 2.82 bits per heavy atom. The molecule has 0 bridgehead atoms. The van der Waals surface area contributed by atoms with Gasteiger partial charge in [0.2, 0.25) is 5.82 Å². The van der Waals surface area contributed by atoms with Crippen LogP contribution in [-0.4, -0.2) is 98.1 Å². The number of imidazole rings is 1. The first-order chi connectivity index (χ1) is 20.7. The van der Waals surface area contributed by atoms with Crippen LogP contribution in [0.3, 0.4) is 0 Å². The smallest absolute Gasteiger partial charge is 0.380 e. The summed E-state index contributed by atoms with van der Waals surface area (Å²) in [6.45, 7) is 5.06. The zero-order valence-electron chi connectivity index (χ0n) is 24.3. The maximum atomic E-state index is 12.4. The van der Waals surface area contributed by atoms with E-state index in [-0.39, 0.29) is 58.0 Å². The van der Waals surface area contributed by atoms with Crippen LogP contribution in [0.4, 0.5) is 10.6 Å². The summed E-state index contributed by atoms with van der Waals surface area (Å²) in [4.78, 5) is 24.2. The Hall–Kier alpha value is -3.21. The first-order valence-electron chi connectivity index (χ1n) is 14.1. The predicted octanol–water partition coefficient (Wildman–Crippen LogP) is -0.829. The van der Waals surface area contributed by atoms with E-state index in [0.717, 1.165) is 12.2 Å². The van der Waals surface area contributed by atoms with E-state index in [9.17, 15) is 28.5 Å². The van der Waals surface area contributed by atoms with E-state index in [1.165, 1.54) is 10.9 Å². The fraction of sp³-hybridized carbons (Fsp3) is 0.654. The monoisotopic (exact) mass is 651 g/mol. The van der Waals surface area contributed by atoms with Gasteiger partial charge in [-0.15, -0.1) is 0 Å². The summed E-state index contributed by atoms with van der Waals surface area (Å²) in [5, 5.41) is 39.5. The number of anilines is 1. The fourth-order valence-corrected chi connectivity index (χ4v) is 7.38. The molecule has 0 unspecified atom stereocenters.